The Morgan fingerprint density at radius 3 is 2.94 bits per heavy atom. The maximum atomic E-state index is 11.8. The SMILES string of the molecule is C#CCC(CC)NC(=O)c1cccc(Br)c1. The first-order valence-corrected chi connectivity index (χ1v) is 5.96. The van der Waals surface area contributed by atoms with Gasteiger partial charge in [-0.15, -0.1) is 12.3 Å². The number of benzene rings is 1. The second kappa shape index (κ2) is 6.34. The number of carbonyl (C=O) groups is 1. The van der Waals surface area contributed by atoms with Crippen LogP contribution in [0.1, 0.15) is 30.1 Å². The Kier molecular flexibility index (Phi) is 5.07. The average Bonchev–Trinajstić information content (AvgIpc) is 2.28. The third-order valence-corrected chi connectivity index (χ3v) is 2.77. The molecule has 3 heteroatoms. The van der Waals surface area contributed by atoms with E-state index in [-0.39, 0.29) is 11.9 Å². The van der Waals surface area contributed by atoms with Crippen LogP contribution in [0, 0.1) is 12.3 Å². The number of halogens is 1. The van der Waals surface area contributed by atoms with Crippen molar-refractivity contribution in [3.8, 4) is 12.3 Å². The van der Waals surface area contributed by atoms with Gasteiger partial charge in [0.05, 0.1) is 0 Å². The van der Waals surface area contributed by atoms with Crippen molar-refractivity contribution >= 4 is 21.8 Å². The zero-order valence-electron chi connectivity index (χ0n) is 9.16. The molecule has 0 bridgehead atoms. The first kappa shape index (κ1) is 12.8. The summed E-state index contributed by atoms with van der Waals surface area (Å²) in [5.74, 6) is 2.48. The van der Waals surface area contributed by atoms with Crippen molar-refractivity contribution in [2.45, 2.75) is 25.8 Å². The summed E-state index contributed by atoms with van der Waals surface area (Å²) in [6.07, 6.45) is 6.64. The van der Waals surface area contributed by atoms with Crippen LogP contribution in [-0.2, 0) is 0 Å². The Balaban J connectivity index is 2.68. The Bertz CT molecular complexity index is 409. The smallest absolute Gasteiger partial charge is 0.251 e. The molecule has 84 valence electrons. The van der Waals surface area contributed by atoms with Crippen LogP contribution in [0.5, 0.6) is 0 Å². The summed E-state index contributed by atoms with van der Waals surface area (Å²) in [5, 5.41) is 2.91. The molecule has 0 saturated carbocycles. The fraction of sp³-hybridized carbons (Fsp3) is 0.308. The number of nitrogens with one attached hydrogen (secondary N) is 1. The predicted octanol–water partition coefficient (Wildman–Crippen LogP) is 2.98. The lowest BCUT2D eigenvalue weighted by atomic mass is 10.1. The number of terminal acetylenes is 1. The maximum absolute atomic E-state index is 11.8. The largest absolute Gasteiger partial charge is 0.348 e. The van der Waals surface area contributed by atoms with E-state index in [2.05, 4.69) is 27.2 Å². The minimum absolute atomic E-state index is 0.0523. The molecule has 0 aliphatic carbocycles. The van der Waals surface area contributed by atoms with Gasteiger partial charge in [0.15, 0.2) is 0 Å². The molecule has 16 heavy (non-hydrogen) atoms. The highest BCUT2D eigenvalue weighted by molar-refractivity contribution is 9.10. The van der Waals surface area contributed by atoms with E-state index in [1.807, 2.05) is 19.1 Å². The topological polar surface area (TPSA) is 29.1 Å². The zero-order chi connectivity index (χ0) is 12.0. The number of hydrogen-bond acceptors (Lipinski definition) is 1. The lowest BCUT2D eigenvalue weighted by Crippen LogP contribution is -2.34. The molecule has 0 saturated heterocycles. The van der Waals surface area contributed by atoms with E-state index < -0.39 is 0 Å². The molecule has 0 fully saturated rings. The van der Waals surface area contributed by atoms with E-state index in [4.69, 9.17) is 6.42 Å². The quantitative estimate of drug-likeness (QED) is 0.844. The van der Waals surface area contributed by atoms with Crippen molar-refractivity contribution in [1.82, 2.24) is 5.32 Å². The van der Waals surface area contributed by atoms with Gasteiger partial charge in [0.2, 0.25) is 0 Å². The highest BCUT2D eigenvalue weighted by Gasteiger charge is 2.10. The third-order valence-electron chi connectivity index (χ3n) is 2.28. The molecule has 1 rings (SSSR count). The maximum Gasteiger partial charge on any atom is 0.251 e. The van der Waals surface area contributed by atoms with E-state index in [0.717, 1.165) is 10.9 Å². The van der Waals surface area contributed by atoms with Crippen molar-refractivity contribution in [3.05, 3.63) is 34.3 Å². The average molecular weight is 280 g/mol. The lowest BCUT2D eigenvalue weighted by Gasteiger charge is -2.14. The van der Waals surface area contributed by atoms with Crippen LogP contribution in [0.2, 0.25) is 0 Å². The molecular formula is C13H14BrNO. The highest BCUT2D eigenvalue weighted by atomic mass is 79.9. The monoisotopic (exact) mass is 279 g/mol. The van der Waals surface area contributed by atoms with Gasteiger partial charge < -0.3 is 5.32 Å². The second-order valence-electron chi connectivity index (χ2n) is 3.50. The van der Waals surface area contributed by atoms with Crippen molar-refractivity contribution < 1.29 is 4.79 Å². The molecule has 1 unspecified atom stereocenters. The molecule has 0 radical (unpaired) electrons. The highest BCUT2D eigenvalue weighted by Crippen LogP contribution is 2.12. The summed E-state index contributed by atoms with van der Waals surface area (Å²) in [7, 11) is 0. The number of carbonyl (C=O) groups excluding carboxylic acids is 1. The van der Waals surface area contributed by atoms with E-state index in [9.17, 15) is 4.79 Å². The van der Waals surface area contributed by atoms with Crippen molar-refractivity contribution in [2.75, 3.05) is 0 Å². The van der Waals surface area contributed by atoms with Crippen LogP contribution in [0.15, 0.2) is 28.7 Å². The second-order valence-corrected chi connectivity index (χ2v) is 4.41. The molecule has 1 atom stereocenters. The number of hydrogen-bond donors (Lipinski definition) is 1. The van der Waals surface area contributed by atoms with Crippen LogP contribution in [0.25, 0.3) is 0 Å². The van der Waals surface area contributed by atoms with Crippen molar-refractivity contribution in [3.63, 3.8) is 0 Å². The standard InChI is InChI=1S/C13H14BrNO/c1-3-6-12(4-2)15-13(16)10-7-5-8-11(14)9-10/h1,5,7-9,12H,4,6H2,2H3,(H,15,16). The van der Waals surface area contributed by atoms with Gasteiger partial charge in [0.1, 0.15) is 0 Å². The van der Waals surface area contributed by atoms with Gasteiger partial charge in [-0.05, 0) is 24.6 Å². The molecule has 1 N–H and O–H groups in total. The van der Waals surface area contributed by atoms with Crippen molar-refractivity contribution in [2.24, 2.45) is 0 Å². The third kappa shape index (κ3) is 3.71. The summed E-state index contributed by atoms with van der Waals surface area (Å²) in [6, 6.07) is 7.34. The zero-order valence-corrected chi connectivity index (χ0v) is 10.8. The van der Waals surface area contributed by atoms with Crippen LogP contribution in [0.4, 0.5) is 0 Å². The predicted molar refractivity (Wildman–Crippen MR) is 69.1 cm³/mol. The fourth-order valence-electron chi connectivity index (χ4n) is 1.34. The molecular weight excluding hydrogens is 266 g/mol. The normalized spacial score (nSPS) is 11.6. The molecule has 2 nitrogen and oxygen atoms in total. The van der Waals surface area contributed by atoms with E-state index in [1.54, 1.807) is 12.1 Å². The van der Waals surface area contributed by atoms with E-state index in [0.29, 0.717) is 12.0 Å². The minimum atomic E-state index is -0.0802. The summed E-state index contributed by atoms with van der Waals surface area (Å²) in [6.45, 7) is 2.00. The van der Waals surface area contributed by atoms with Crippen molar-refractivity contribution in [1.29, 1.82) is 0 Å². The molecule has 0 heterocycles. The number of rotatable bonds is 4. The van der Waals surface area contributed by atoms with Gasteiger partial charge in [0, 0.05) is 22.5 Å². The van der Waals surface area contributed by atoms with E-state index in [1.165, 1.54) is 0 Å². The van der Waals surface area contributed by atoms with Crippen LogP contribution < -0.4 is 5.32 Å². The molecule has 1 amide bonds. The van der Waals surface area contributed by atoms with Gasteiger partial charge in [-0.25, -0.2) is 0 Å². The Hall–Kier alpha value is -1.27. The summed E-state index contributed by atoms with van der Waals surface area (Å²) in [4.78, 5) is 11.8. The number of amides is 1. The molecule has 0 aliphatic rings. The molecule has 1 aromatic rings. The van der Waals surface area contributed by atoms with Gasteiger partial charge in [-0.2, -0.15) is 0 Å². The Labute approximate surface area is 105 Å². The van der Waals surface area contributed by atoms with Crippen LogP contribution in [0.3, 0.4) is 0 Å². The Morgan fingerprint density at radius 1 is 1.62 bits per heavy atom. The summed E-state index contributed by atoms with van der Waals surface area (Å²) >= 11 is 3.33. The first-order chi connectivity index (χ1) is 7.67. The Morgan fingerprint density at radius 2 is 2.38 bits per heavy atom. The first-order valence-electron chi connectivity index (χ1n) is 5.17. The fourth-order valence-corrected chi connectivity index (χ4v) is 1.74. The molecule has 0 aliphatic heterocycles. The molecule has 1 aromatic carbocycles. The van der Waals surface area contributed by atoms with Gasteiger partial charge in [0.25, 0.3) is 5.91 Å². The molecule has 0 aromatic heterocycles. The van der Waals surface area contributed by atoms with Gasteiger partial charge in [-0.3, -0.25) is 4.79 Å². The van der Waals surface area contributed by atoms with Gasteiger partial charge >= 0.3 is 0 Å². The van der Waals surface area contributed by atoms with Gasteiger partial charge in [-0.1, -0.05) is 28.9 Å². The minimum Gasteiger partial charge on any atom is -0.348 e. The van der Waals surface area contributed by atoms with Crippen LogP contribution in [-0.4, -0.2) is 11.9 Å². The van der Waals surface area contributed by atoms with Crippen LogP contribution >= 0.6 is 15.9 Å². The van der Waals surface area contributed by atoms with E-state index >= 15 is 0 Å². The molecule has 0 spiro atoms. The lowest BCUT2D eigenvalue weighted by molar-refractivity contribution is 0.0936. The summed E-state index contributed by atoms with van der Waals surface area (Å²) < 4.78 is 0.894. The summed E-state index contributed by atoms with van der Waals surface area (Å²) in [5.41, 5.74) is 0.643.